The highest BCUT2D eigenvalue weighted by molar-refractivity contribution is 6.15. The third kappa shape index (κ3) is 8.85. The van der Waals surface area contributed by atoms with Crippen LogP contribution in [0.2, 0.25) is 0 Å². The van der Waals surface area contributed by atoms with Crippen LogP contribution in [0.5, 0.6) is 0 Å². The van der Waals surface area contributed by atoms with Crippen LogP contribution in [0.1, 0.15) is 49.9 Å². The highest BCUT2D eigenvalue weighted by Gasteiger charge is 2.37. The van der Waals surface area contributed by atoms with Gasteiger partial charge in [-0.15, -0.1) is 0 Å². The third-order valence-electron chi connectivity index (χ3n) is 23.6. The summed E-state index contributed by atoms with van der Waals surface area (Å²) in [6.45, 7) is 9.44. The number of aromatic nitrogens is 6. The highest BCUT2D eigenvalue weighted by Crippen LogP contribution is 2.52. The molecule has 0 saturated heterocycles. The van der Waals surface area contributed by atoms with E-state index in [4.69, 9.17) is 9.97 Å². The molecule has 0 saturated carbocycles. The molecule has 0 unspecified atom stereocenters. The van der Waals surface area contributed by atoms with Crippen LogP contribution in [-0.2, 0) is 10.8 Å². The van der Waals surface area contributed by atoms with Crippen LogP contribution >= 0.6 is 0 Å². The van der Waals surface area contributed by atoms with Crippen molar-refractivity contribution in [3.8, 4) is 101 Å². The molecule has 498 valence electrons. The standard InChI is InChI=1S/C100H68N6/c1-99(2)84-31-14-8-25-72(84)74-47-45-70(58-86(74)99)105-92-35-18-12-29-78(92)82-56-65(41-51-96(82)105)63-39-49-94-80(54-63)76-27-10-16-33-90(76)103(94)68-43-37-62(38-44-68)89-60-88(61-21-6-5-7-22-61)101-98(102-89)67-23-20-24-69(53-67)104-91-34-17-11-28-77(91)81-55-64(40-50-95(81)104)66-42-52-97-83(57-66)79-30-13-19-36-93(79)106(97)71-46-48-75-73-26-9-15-32-85(73)100(3,4)87(75)59-71/h5-60H,1-4H3. The van der Waals surface area contributed by atoms with E-state index in [1.165, 1.54) is 143 Å². The van der Waals surface area contributed by atoms with E-state index < -0.39 is 0 Å². The van der Waals surface area contributed by atoms with E-state index in [1.54, 1.807) is 0 Å². The zero-order valence-electron chi connectivity index (χ0n) is 59.0. The van der Waals surface area contributed by atoms with Crippen molar-refractivity contribution >= 4 is 87.2 Å². The monoisotopic (exact) mass is 1350 g/mol. The number of nitrogens with zero attached hydrogens (tertiary/aromatic N) is 6. The smallest absolute Gasteiger partial charge is 0.160 e. The maximum atomic E-state index is 5.46. The number of fused-ring (bicyclic) bond motifs is 18. The second kappa shape index (κ2) is 22.5. The molecule has 0 amide bonds. The fraction of sp³-hybridized carbons (Fsp3) is 0.0600. The van der Waals surface area contributed by atoms with Gasteiger partial charge < -0.3 is 18.3 Å². The van der Waals surface area contributed by atoms with Crippen molar-refractivity contribution in [3.05, 3.63) is 362 Å². The molecule has 20 aromatic rings. The summed E-state index contributed by atoms with van der Waals surface area (Å²) in [5.74, 6) is 0.658. The van der Waals surface area contributed by atoms with E-state index in [1.807, 2.05) is 0 Å². The van der Waals surface area contributed by atoms with Crippen LogP contribution < -0.4 is 0 Å². The lowest BCUT2D eigenvalue weighted by molar-refractivity contribution is 0.660. The molecule has 22 rings (SSSR count). The molecule has 6 nitrogen and oxygen atoms in total. The Kier molecular flexibility index (Phi) is 12.8. The zero-order valence-corrected chi connectivity index (χ0v) is 59.0. The van der Waals surface area contributed by atoms with Crippen LogP contribution in [0.4, 0.5) is 0 Å². The molecule has 2 aliphatic rings. The van der Waals surface area contributed by atoms with Gasteiger partial charge in [0.05, 0.1) is 55.5 Å². The molecular formula is C100H68N6. The molecule has 6 heteroatoms. The first-order valence-corrected chi connectivity index (χ1v) is 36.9. The molecule has 106 heavy (non-hydrogen) atoms. The van der Waals surface area contributed by atoms with Gasteiger partial charge >= 0.3 is 0 Å². The number of rotatable bonds is 9. The molecule has 5 aromatic heterocycles. The SMILES string of the molecule is CC1(C)c2ccccc2-c2ccc(-n3c4ccccc4c4cc(-c5ccc6c(c5)c5ccccc5n6-c5ccc(-c6cc(-c7ccccc7)nc(-c7cccc(-n8c9ccccc9c9cc(-c%10ccc%11c(c%10)c%10ccccc%10n%11-c%10ccc%11c(c%10)C(C)(C)c%10ccccc%10-%11)ccc98)c7)n6)cc5)ccc43)cc21. The molecule has 0 N–H and O–H groups in total. The molecule has 0 atom stereocenters. The predicted molar refractivity (Wildman–Crippen MR) is 442 cm³/mol. The van der Waals surface area contributed by atoms with E-state index >= 15 is 0 Å². The highest BCUT2D eigenvalue weighted by atomic mass is 15.0. The lowest BCUT2D eigenvalue weighted by Gasteiger charge is -2.22. The third-order valence-corrected chi connectivity index (χ3v) is 23.6. The summed E-state index contributed by atoms with van der Waals surface area (Å²) in [7, 11) is 0. The first-order chi connectivity index (χ1) is 52.1. The molecule has 15 aromatic carbocycles. The lowest BCUT2D eigenvalue weighted by Crippen LogP contribution is -2.15. The van der Waals surface area contributed by atoms with E-state index in [-0.39, 0.29) is 10.8 Å². The van der Waals surface area contributed by atoms with Crippen molar-refractivity contribution in [1.29, 1.82) is 0 Å². The average Bonchev–Trinajstić information content (AvgIpc) is 1.58. The Labute approximate surface area is 613 Å². The van der Waals surface area contributed by atoms with Gasteiger partial charge in [0.2, 0.25) is 0 Å². The number of benzene rings is 15. The van der Waals surface area contributed by atoms with E-state index in [2.05, 4.69) is 386 Å². The minimum Gasteiger partial charge on any atom is -0.309 e. The summed E-state index contributed by atoms with van der Waals surface area (Å²) in [5.41, 5.74) is 33.9. The second-order valence-electron chi connectivity index (χ2n) is 30.1. The van der Waals surface area contributed by atoms with Crippen molar-refractivity contribution in [2.24, 2.45) is 0 Å². The van der Waals surface area contributed by atoms with Crippen LogP contribution in [-0.4, -0.2) is 28.2 Å². The summed E-state index contributed by atoms with van der Waals surface area (Å²) in [6.07, 6.45) is 0. The van der Waals surface area contributed by atoms with Crippen LogP contribution in [0.3, 0.4) is 0 Å². The van der Waals surface area contributed by atoms with Crippen molar-refractivity contribution in [2.75, 3.05) is 0 Å². The lowest BCUT2D eigenvalue weighted by atomic mass is 9.82. The molecule has 0 fully saturated rings. The van der Waals surface area contributed by atoms with Gasteiger partial charge in [0.15, 0.2) is 5.82 Å². The molecule has 2 aliphatic carbocycles. The van der Waals surface area contributed by atoms with Crippen molar-refractivity contribution in [3.63, 3.8) is 0 Å². The van der Waals surface area contributed by atoms with Gasteiger partial charge in [-0.25, -0.2) is 9.97 Å². The molecule has 0 bridgehead atoms. The first-order valence-electron chi connectivity index (χ1n) is 36.9. The van der Waals surface area contributed by atoms with Crippen LogP contribution in [0.15, 0.2) is 340 Å². The van der Waals surface area contributed by atoms with Gasteiger partial charge in [-0.3, -0.25) is 0 Å². The quantitative estimate of drug-likeness (QED) is 0.145. The Balaban J connectivity index is 0.595. The zero-order chi connectivity index (χ0) is 70.3. The van der Waals surface area contributed by atoms with Crippen LogP contribution in [0, 0.1) is 0 Å². The Morgan fingerprint density at radius 2 is 0.509 bits per heavy atom. The maximum Gasteiger partial charge on any atom is 0.160 e. The fourth-order valence-corrected chi connectivity index (χ4v) is 18.4. The molecule has 0 spiro atoms. The van der Waals surface area contributed by atoms with Crippen molar-refractivity contribution in [2.45, 2.75) is 38.5 Å². The van der Waals surface area contributed by atoms with Crippen LogP contribution in [0.25, 0.3) is 188 Å². The largest absolute Gasteiger partial charge is 0.309 e. The second-order valence-corrected chi connectivity index (χ2v) is 30.1. The van der Waals surface area contributed by atoms with Gasteiger partial charge in [0, 0.05) is 93.4 Å². The van der Waals surface area contributed by atoms with Crippen molar-refractivity contribution in [1.82, 2.24) is 28.2 Å². The maximum absolute atomic E-state index is 5.46. The van der Waals surface area contributed by atoms with Gasteiger partial charge in [-0.05, 0) is 194 Å². The van der Waals surface area contributed by atoms with Gasteiger partial charge in [0.1, 0.15) is 0 Å². The van der Waals surface area contributed by atoms with Gasteiger partial charge in [0.25, 0.3) is 0 Å². The van der Waals surface area contributed by atoms with E-state index in [9.17, 15) is 0 Å². The Bertz CT molecular complexity index is 7130. The number of hydrogen-bond acceptors (Lipinski definition) is 2. The molecule has 0 aliphatic heterocycles. The molecule has 0 radical (unpaired) electrons. The summed E-state index contributed by atoms with van der Waals surface area (Å²) in [6, 6.07) is 126. The Morgan fingerprint density at radius 1 is 0.198 bits per heavy atom. The first kappa shape index (κ1) is 60.2. The van der Waals surface area contributed by atoms with Gasteiger partial charge in [-0.1, -0.05) is 240 Å². The number of hydrogen-bond donors (Lipinski definition) is 0. The molecule has 5 heterocycles. The minimum absolute atomic E-state index is 0.0960. The fourth-order valence-electron chi connectivity index (χ4n) is 18.4. The van der Waals surface area contributed by atoms with E-state index in [0.717, 1.165) is 61.5 Å². The number of para-hydroxylation sites is 4. The summed E-state index contributed by atoms with van der Waals surface area (Å²) < 4.78 is 9.72. The summed E-state index contributed by atoms with van der Waals surface area (Å²) in [5, 5.41) is 9.76. The normalized spacial score (nSPS) is 13.4. The average molecular weight is 1350 g/mol. The van der Waals surface area contributed by atoms with Gasteiger partial charge in [-0.2, -0.15) is 0 Å². The predicted octanol–water partition coefficient (Wildman–Crippen LogP) is 25.8. The summed E-state index contributed by atoms with van der Waals surface area (Å²) in [4.78, 5) is 10.8. The summed E-state index contributed by atoms with van der Waals surface area (Å²) >= 11 is 0. The molecular weight excluding hydrogens is 1290 g/mol. The minimum atomic E-state index is -0.0991. The Morgan fingerprint density at radius 3 is 0.934 bits per heavy atom. The topological polar surface area (TPSA) is 45.5 Å². The van der Waals surface area contributed by atoms with Crippen molar-refractivity contribution < 1.29 is 0 Å². The Hall–Kier alpha value is -13.4. The van der Waals surface area contributed by atoms with E-state index in [0.29, 0.717) is 5.82 Å².